The molecule has 1 aliphatic heterocycles. The smallest absolute Gasteiger partial charge is 0.415 e. The molecule has 35 heavy (non-hydrogen) atoms. The van der Waals surface area contributed by atoms with E-state index in [9.17, 15) is 9.59 Å². The number of thioether (sulfide) groups is 1. The number of rotatable bonds is 10. The zero-order valence-corrected chi connectivity index (χ0v) is 19.8. The highest BCUT2D eigenvalue weighted by Crippen LogP contribution is 2.29. The van der Waals surface area contributed by atoms with E-state index in [4.69, 9.17) is 14.6 Å². The van der Waals surface area contributed by atoms with Crippen LogP contribution in [0.1, 0.15) is 24.8 Å². The third-order valence-electron chi connectivity index (χ3n) is 5.42. The number of carboxylic acid groups (broad SMARTS) is 1. The molecule has 0 saturated carbocycles. The number of benzene rings is 1. The first kappa shape index (κ1) is 24.5. The quantitative estimate of drug-likeness (QED) is 0.445. The Hall–Kier alpha value is -3.67. The van der Waals surface area contributed by atoms with E-state index in [0.29, 0.717) is 36.5 Å². The van der Waals surface area contributed by atoms with Crippen LogP contribution in [0.15, 0.2) is 53.8 Å². The maximum absolute atomic E-state index is 12.6. The molecule has 4 rings (SSSR count). The predicted molar refractivity (Wildman–Crippen MR) is 126 cm³/mol. The number of carbonyl (C=O) groups is 2. The average Bonchev–Trinajstić information content (AvgIpc) is 3.31. The Labute approximate surface area is 206 Å². The Kier molecular flexibility index (Phi) is 8.49. The number of carbonyl (C=O) groups excluding carboxylic acids is 1. The largest absolute Gasteiger partial charge is 0.481 e. The molecular weight excluding hydrogens is 472 g/mol. The molecule has 11 nitrogen and oxygen atoms in total. The molecule has 0 spiro atoms. The fourth-order valence-electron chi connectivity index (χ4n) is 3.52. The lowest BCUT2D eigenvalue weighted by atomic mass is 10.1. The van der Waals surface area contributed by atoms with E-state index in [1.54, 1.807) is 23.2 Å². The molecule has 1 amide bonds. The van der Waals surface area contributed by atoms with Crippen LogP contribution in [0, 0.1) is 0 Å². The van der Waals surface area contributed by atoms with Crippen molar-refractivity contribution < 1.29 is 24.2 Å². The molecule has 2 aromatic heterocycles. The maximum atomic E-state index is 12.6. The van der Waals surface area contributed by atoms with Crippen molar-refractivity contribution in [3.8, 4) is 11.6 Å². The summed E-state index contributed by atoms with van der Waals surface area (Å²) in [6.45, 7) is 1.87. The van der Waals surface area contributed by atoms with Gasteiger partial charge in [0.25, 0.3) is 0 Å². The number of aryl methyl sites for hydroxylation is 1. The number of aliphatic carboxylic acids is 1. The Morgan fingerprint density at radius 3 is 2.63 bits per heavy atom. The molecule has 1 aromatic carbocycles. The van der Waals surface area contributed by atoms with Crippen LogP contribution >= 0.6 is 11.8 Å². The second-order valence-electron chi connectivity index (χ2n) is 7.91. The van der Waals surface area contributed by atoms with E-state index < -0.39 is 5.97 Å². The summed E-state index contributed by atoms with van der Waals surface area (Å²) in [6, 6.07) is 12.9. The standard InChI is InChI=1S/C23H26N6O5S/c30-21(31)10-15-29-22(25-26-27-29)35-19-8-13-28(14-9-19)23(32)34-18-6-4-17(5-7-18)11-16-33-20-3-1-2-12-24-20/h1-7,12,19H,8-11,13-16H2,(H,30,31). The number of hydrogen-bond donors (Lipinski definition) is 1. The molecule has 1 aliphatic rings. The predicted octanol–water partition coefficient (Wildman–Crippen LogP) is 2.92. The van der Waals surface area contributed by atoms with Crippen LogP contribution in [-0.4, -0.2) is 72.2 Å². The number of tetrazole rings is 1. The minimum Gasteiger partial charge on any atom is -0.481 e. The third-order valence-corrected chi connectivity index (χ3v) is 6.72. The van der Waals surface area contributed by atoms with Gasteiger partial charge in [-0.05, 0) is 47.0 Å². The summed E-state index contributed by atoms with van der Waals surface area (Å²) in [5.41, 5.74) is 1.07. The molecule has 1 N–H and O–H groups in total. The number of aromatic nitrogens is 5. The van der Waals surface area contributed by atoms with E-state index in [1.807, 2.05) is 30.3 Å². The van der Waals surface area contributed by atoms with E-state index in [0.717, 1.165) is 24.8 Å². The summed E-state index contributed by atoms with van der Waals surface area (Å²) in [5.74, 6) is 0.197. The van der Waals surface area contributed by atoms with Gasteiger partial charge in [0.05, 0.1) is 19.6 Å². The number of nitrogens with zero attached hydrogens (tertiary/aromatic N) is 6. The van der Waals surface area contributed by atoms with Crippen molar-refractivity contribution in [2.45, 2.75) is 42.6 Å². The number of amides is 1. The topological polar surface area (TPSA) is 133 Å². The van der Waals surface area contributed by atoms with E-state index >= 15 is 0 Å². The van der Waals surface area contributed by atoms with Gasteiger partial charge in [0.2, 0.25) is 11.0 Å². The highest BCUT2D eigenvalue weighted by Gasteiger charge is 2.26. The minimum absolute atomic E-state index is 0.0389. The third kappa shape index (κ3) is 7.41. The Balaban J connectivity index is 1.18. The van der Waals surface area contributed by atoms with Gasteiger partial charge in [-0.1, -0.05) is 30.0 Å². The first-order chi connectivity index (χ1) is 17.1. The van der Waals surface area contributed by atoms with E-state index in [2.05, 4.69) is 20.5 Å². The summed E-state index contributed by atoms with van der Waals surface area (Å²) in [7, 11) is 0. The van der Waals surface area contributed by atoms with Crippen molar-refractivity contribution in [1.82, 2.24) is 30.1 Å². The van der Waals surface area contributed by atoms with Crippen molar-refractivity contribution in [3.05, 3.63) is 54.2 Å². The summed E-state index contributed by atoms with van der Waals surface area (Å²) in [4.78, 5) is 29.2. The molecule has 0 aliphatic carbocycles. The fraction of sp³-hybridized carbons (Fsp3) is 0.391. The number of hydrogen-bond acceptors (Lipinski definition) is 9. The van der Waals surface area contributed by atoms with Gasteiger partial charge in [-0.15, -0.1) is 5.10 Å². The maximum Gasteiger partial charge on any atom is 0.415 e. The normalized spacial score (nSPS) is 14.0. The zero-order chi connectivity index (χ0) is 24.5. The van der Waals surface area contributed by atoms with Crippen LogP contribution in [0.25, 0.3) is 0 Å². The average molecular weight is 499 g/mol. The van der Waals surface area contributed by atoms with Crippen LogP contribution in [-0.2, 0) is 17.8 Å². The van der Waals surface area contributed by atoms with Crippen LogP contribution in [0.4, 0.5) is 4.79 Å². The molecule has 0 unspecified atom stereocenters. The molecule has 3 heterocycles. The van der Waals surface area contributed by atoms with Gasteiger partial charge >= 0.3 is 12.1 Å². The number of likely N-dealkylation sites (tertiary alicyclic amines) is 1. The second kappa shape index (κ2) is 12.2. The van der Waals surface area contributed by atoms with Crippen molar-refractivity contribution in [2.24, 2.45) is 0 Å². The second-order valence-corrected chi connectivity index (χ2v) is 9.18. The number of pyridine rings is 1. The molecule has 1 saturated heterocycles. The van der Waals surface area contributed by atoms with Crippen LogP contribution < -0.4 is 9.47 Å². The summed E-state index contributed by atoms with van der Waals surface area (Å²) in [5, 5.41) is 21.2. The lowest BCUT2D eigenvalue weighted by Crippen LogP contribution is -2.41. The summed E-state index contributed by atoms with van der Waals surface area (Å²) < 4.78 is 12.7. The van der Waals surface area contributed by atoms with Crippen molar-refractivity contribution in [3.63, 3.8) is 0 Å². The molecule has 1 fully saturated rings. The number of carboxylic acids is 1. The number of piperidine rings is 1. The van der Waals surface area contributed by atoms with Gasteiger partial charge in [0.15, 0.2) is 0 Å². The van der Waals surface area contributed by atoms with Crippen molar-refractivity contribution >= 4 is 23.8 Å². The van der Waals surface area contributed by atoms with Crippen molar-refractivity contribution in [2.75, 3.05) is 19.7 Å². The Morgan fingerprint density at radius 1 is 1.11 bits per heavy atom. The molecule has 12 heteroatoms. The Bertz CT molecular complexity index is 1100. The highest BCUT2D eigenvalue weighted by atomic mass is 32.2. The van der Waals surface area contributed by atoms with Gasteiger partial charge in [-0.2, -0.15) is 0 Å². The molecule has 184 valence electrons. The monoisotopic (exact) mass is 498 g/mol. The van der Waals surface area contributed by atoms with Gasteiger partial charge in [0, 0.05) is 37.0 Å². The van der Waals surface area contributed by atoms with E-state index in [-0.39, 0.29) is 24.3 Å². The fourth-order valence-corrected chi connectivity index (χ4v) is 4.60. The van der Waals surface area contributed by atoms with E-state index in [1.165, 1.54) is 16.4 Å². The first-order valence-electron chi connectivity index (χ1n) is 11.3. The molecule has 0 atom stereocenters. The van der Waals surface area contributed by atoms with Crippen molar-refractivity contribution in [1.29, 1.82) is 0 Å². The lowest BCUT2D eigenvalue weighted by Gasteiger charge is -2.30. The van der Waals surface area contributed by atoms with Crippen LogP contribution in [0.3, 0.4) is 0 Å². The van der Waals surface area contributed by atoms with Gasteiger partial charge in [-0.3, -0.25) is 4.79 Å². The van der Waals surface area contributed by atoms with Crippen LogP contribution in [0.5, 0.6) is 11.6 Å². The molecular formula is C23H26N6O5S. The summed E-state index contributed by atoms with van der Waals surface area (Å²) >= 11 is 1.51. The van der Waals surface area contributed by atoms with Crippen LogP contribution in [0.2, 0.25) is 0 Å². The Morgan fingerprint density at radius 2 is 1.91 bits per heavy atom. The first-order valence-corrected chi connectivity index (χ1v) is 12.2. The molecule has 3 aromatic rings. The van der Waals surface area contributed by atoms with Gasteiger partial charge in [0.1, 0.15) is 5.75 Å². The molecule has 0 bridgehead atoms. The minimum atomic E-state index is -0.896. The molecule has 0 radical (unpaired) electrons. The van der Waals surface area contributed by atoms with Gasteiger partial charge < -0.3 is 19.5 Å². The zero-order valence-electron chi connectivity index (χ0n) is 19.0. The van der Waals surface area contributed by atoms with Gasteiger partial charge in [-0.25, -0.2) is 14.5 Å². The number of ether oxygens (including phenoxy) is 2. The highest BCUT2D eigenvalue weighted by molar-refractivity contribution is 7.99. The summed E-state index contributed by atoms with van der Waals surface area (Å²) in [6.07, 6.45) is 3.53. The SMILES string of the molecule is O=C(O)CCn1nnnc1SC1CCN(C(=O)Oc2ccc(CCOc3ccccn3)cc2)CC1. The lowest BCUT2D eigenvalue weighted by molar-refractivity contribution is -0.137.